The van der Waals surface area contributed by atoms with E-state index in [9.17, 15) is 14.9 Å². The quantitative estimate of drug-likeness (QED) is 0.435. The summed E-state index contributed by atoms with van der Waals surface area (Å²) in [4.78, 5) is 32.2. The predicted octanol–water partition coefficient (Wildman–Crippen LogP) is 6.11. The van der Waals surface area contributed by atoms with E-state index in [0.29, 0.717) is 49.1 Å². The molecule has 8 nitrogen and oxygen atoms in total. The summed E-state index contributed by atoms with van der Waals surface area (Å²) >= 11 is 6.25. The summed E-state index contributed by atoms with van der Waals surface area (Å²) in [6.45, 7) is 17.3. The summed E-state index contributed by atoms with van der Waals surface area (Å²) in [6, 6.07) is 13.3. The van der Waals surface area contributed by atoms with Gasteiger partial charge in [0.05, 0.1) is 10.6 Å². The van der Waals surface area contributed by atoms with Crippen LogP contribution in [0.15, 0.2) is 36.4 Å². The fourth-order valence-corrected chi connectivity index (χ4v) is 7.43. The first-order valence-corrected chi connectivity index (χ1v) is 14.5. The molecule has 1 saturated carbocycles. The second-order valence-electron chi connectivity index (χ2n) is 13.5. The lowest BCUT2D eigenvalue weighted by atomic mass is 9.49. The summed E-state index contributed by atoms with van der Waals surface area (Å²) < 4.78 is 12.0. The zero-order chi connectivity index (χ0) is 29.9. The molecule has 0 aromatic heterocycles. The van der Waals surface area contributed by atoms with Gasteiger partial charge < -0.3 is 24.2 Å². The van der Waals surface area contributed by atoms with E-state index in [1.165, 1.54) is 0 Å². The van der Waals surface area contributed by atoms with Crippen molar-refractivity contribution in [1.82, 2.24) is 9.80 Å². The van der Waals surface area contributed by atoms with E-state index < -0.39 is 5.60 Å². The van der Waals surface area contributed by atoms with Crippen LogP contribution in [0.2, 0.25) is 5.02 Å². The molecule has 0 radical (unpaired) electrons. The van der Waals surface area contributed by atoms with Gasteiger partial charge in [0.2, 0.25) is 0 Å². The van der Waals surface area contributed by atoms with Gasteiger partial charge in [-0.2, -0.15) is 5.26 Å². The largest absolute Gasteiger partial charge is 0.489 e. The molecular formula is C32H39ClN4O4. The maximum atomic E-state index is 13.7. The average molecular weight is 579 g/mol. The fourth-order valence-electron chi connectivity index (χ4n) is 7.22. The van der Waals surface area contributed by atoms with Crippen LogP contribution in [0.4, 0.5) is 10.5 Å². The number of benzene rings is 2. The van der Waals surface area contributed by atoms with Gasteiger partial charge in [0.25, 0.3) is 5.91 Å². The molecule has 0 spiro atoms. The molecule has 0 N–H and O–H groups in total. The number of hydrogen-bond acceptors (Lipinski definition) is 6. The highest BCUT2D eigenvalue weighted by atomic mass is 35.5. The van der Waals surface area contributed by atoms with Crippen LogP contribution < -0.4 is 9.64 Å². The first kappa shape index (κ1) is 29.1. The van der Waals surface area contributed by atoms with Gasteiger partial charge >= 0.3 is 6.09 Å². The number of hydrogen-bond donors (Lipinski definition) is 0. The topological polar surface area (TPSA) is 86.1 Å². The molecule has 1 aliphatic carbocycles. The molecular weight excluding hydrogens is 540 g/mol. The lowest BCUT2D eigenvalue weighted by molar-refractivity contribution is -0.199. The lowest BCUT2D eigenvalue weighted by Crippen LogP contribution is -2.74. The second kappa shape index (κ2) is 10.1. The highest BCUT2D eigenvalue weighted by Gasteiger charge is 2.67. The first-order valence-electron chi connectivity index (χ1n) is 14.2. The minimum atomic E-state index is -0.514. The van der Waals surface area contributed by atoms with Gasteiger partial charge in [-0.15, -0.1) is 0 Å². The maximum absolute atomic E-state index is 13.7. The molecule has 0 atom stereocenters. The molecule has 2 heterocycles. The van der Waals surface area contributed by atoms with Crippen molar-refractivity contribution >= 4 is 29.3 Å². The number of piperazine rings is 1. The Bertz CT molecular complexity index is 1400. The third-order valence-corrected chi connectivity index (χ3v) is 8.92. The number of carbonyl (C=O) groups is 2. The van der Waals surface area contributed by atoms with Crippen LogP contribution in [0.5, 0.6) is 5.75 Å². The average Bonchev–Trinajstić information content (AvgIpc) is 3.20. The number of halogens is 1. The number of amides is 2. The van der Waals surface area contributed by atoms with E-state index in [0.717, 1.165) is 16.8 Å². The molecule has 2 fully saturated rings. The summed E-state index contributed by atoms with van der Waals surface area (Å²) in [5.41, 5.74) is 2.10. The van der Waals surface area contributed by atoms with Gasteiger partial charge in [0, 0.05) is 66.9 Å². The Morgan fingerprint density at radius 3 is 2.27 bits per heavy atom. The fraction of sp³-hybridized carbons (Fsp3) is 0.531. The monoisotopic (exact) mass is 578 g/mol. The van der Waals surface area contributed by atoms with Gasteiger partial charge in [-0.1, -0.05) is 39.3 Å². The van der Waals surface area contributed by atoms with Crippen molar-refractivity contribution in [2.24, 2.45) is 10.8 Å². The van der Waals surface area contributed by atoms with Crippen LogP contribution in [-0.2, 0) is 11.3 Å². The van der Waals surface area contributed by atoms with E-state index >= 15 is 0 Å². The maximum Gasteiger partial charge on any atom is 0.410 e. The smallest absolute Gasteiger partial charge is 0.410 e. The highest BCUT2D eigenvalue weighted by Crippen LogP contribution is 2.59. The van der Waals surface area contributed by atoms with Crippen molar-refractivity contribution in [2.45, 2.75) is 72.8 Å². The van der Waals surface area contributed by atoms with Crippen molar-refractivity contribution in [3.63, 3.8) is 0 Å². The van der Waals surface area contributed by atoms with Gasteiger partial charge in [0.15, 0.2) is 0 Å². The van der Waals surface area contributed by atoms with Gasteiger partial charge in [0.1, 0.15) is 23.5 Å². The number of fused-ring (bicyclic) bond motifs is 1. The standard InChI is InChI=1S/C32H39ClN4O4/c1-30(2,3)41-29(39)36-14-12-35(13-15-36)22-9-11-24-21(16-22)19-37(26(24)38)27-31(4,5)28(32(27,6)7)40-23-10-8-20(18-34)25(33)17-23/h8-11,16-17,27-28H,12-15,19H2,1-7H3. The van der Waals surface area contributed by atoms with Crippen molar-refractivity contribution in [2.75, 3.05) is 31.1 Å². The summed E-state index contributed by atoms with van der Waals surface area (Å²) in [5, 5.41) is 9.56. The Hall–Kier alpha value is -3.44. The molecule has 3 aliphatic rings. The molecule has 2 amide bonds. The van der Waals surface area contributed by atoms with Gasteiger partial charge in [-0.3, -0.25) is 4.79 Å². The SMILES string of the molecule is CC(C)(C)OC(=O)N1CCN(c2ccc3c(c2)CN(C2C(C)(C)C(Oc4ccc(C#N)c(Cl)c4)C2(C)C)C3=O)CC1. The molecule has 5 rings (SSSR count). The third-order valence-electron chi connectivity index (χ3n) is 8.60. The van der Waals surface area contributed by atoms with Crippen LogP contribution in [0, 0.1) is 22.2 Å². The van der Waals surface area contributed by atoms with E-state index in [4.69, 9.17) is 21.1 Å². The zero-order valence-electron chi connectivity index (χ0n) is 25.0. The van der Waals surface area contributed by atoms with Crippen molar-refractivity contribution < 1.29 is 19.1 Å². The number of nitrogens with zero attached hydrogens (tertiary/aromatic N) is 4. The number of nitriles is 1. The molecule has 9 heteroatoms. The molecule has 2 aliphatic heterocycles. The van der Waals surface area contributed by atoms with Crippen LogP contribution in [0.3, 0.4) is 0 Å². The molecule has 41 heavy (non-hydrogen) atoms. The van der Waals surface area contributed by atoms with E-state index in [2.05, 4.69) is 44.7 Å². The van der Waals surface area contributed by atoms with E-state index in [-0.39, 0.29) is 35.0 Å². The summed E-state index contributed by atoms with van der Waals surface area (Å²) in [7, 11) is 0. The molecule has 2 aromatic rings. The molecule has 2 aromatic carbocycles. The molecule has 218 valence electrons. The summed E-state index contributed by atoms with van der Waals surface area (Å²) in [6.07, 6.45) is -0.431. The minimum Gasteiger partial charge on any atom is -0.489 e. The molecule has 0 bridgehead atoms. The Balaban J connectivity index is 1.27. The van der Waals surface area contributed by atoms with Crippen molar-refractivity contribution in [1.29, 1.82) is 5.26 Å². The summed E-state index contributed by atoms with van der Waals surface area (Å²) in [5.74, 6) is 0.665. The van der Waals surface area contributed by atoms with Crippen LogP contribution in [0.1, 0.15) is 70.0 Å². The Kier molecular flexibility index (Phi) is 7.18. The van der Waals surface area contributed by atoms with Crippen LogP contribution in [0.25, 0.3) is 0 Å². The third kappa shape index (κ3) is 5.21. The van der Waals surface area contributed by atoms with Crippen molar-refractivity contribution in [3.8, 4) is 11.8 Å². The van der Waals surface area contributed by atoms with E-state index in [1.807, 2.05) is 37.8 Å². The normalized spacial score (nSPS) is 23.0. The minimum absolute atomic E-state index is 0.0328. The van der Waals surface area contributed by atoms with Crippen LogP contribution >= 0.6 is 11.6 Å². The van der Waals surface area contributed by atoms with E-state index in [1.54, 1.807) is 23.1 Å². The number of carbonyl (C=O) groups excluding carboxylic acids is 2. The van der Waals surface area contributed by atoms with Gasteiger partial charge in [-0.05, 0) is 56.7 Å². The van der Waals surface area contributed by atoms with Crippen molar-refractivity contribution in [3.05, 3.63) is 58.1 Å². The lowest BCUT2D eigenvalue weighted by Gasteiger charge is -2.65. The molecule has 0 unspecified atom stereocenters. The first-order chi connectivity index (χ1) is 19.1. The Labute approximate surface area is 247 Å². The Morgan fingerprint density at radius 2 is 1.68 bits per heavy atom. The number of ether oxygens (including phenoxy) is 2. The Morgan fingerprint density at radius 1 is 1.02 bits per heavy atom. The van der Waals surface area contributed by atoms with Crippen LogP contribution in [-0.4, -0.2) is 65.7 Å². The predicted molar refractivity (Wildman–Crippen MR) is 158 cm³/mol. The number of rotatable bonds is 4. The second-order valence-corrected chi connectivity index (χ2v) is 13.9. The number of anilines is 1. The zero-order valence-corrected chi connectivity index (χ0v) is 25.7. The highest BCUT2D eigenvalue weighted by molar-refractivity contribution is 6.31. The molecule has 1 saturated heterocycles. The van der Waals surface area contributed by atoms with Gasteiger partial charge in [-0.25, -0.2) is 4.79 Å².